The fourth-order valence-corrected chi connectivity index (χ4v) is 8.41. The van der Waals surface area contributed by atoms with Crippen LogP contribution in [0.3, 0.4) is 0 Å². The Labute approximate surface area is 278 Å². The number of allylic oxidation sites excluding steroid dienone is 1. The molecule has 2 aliphatic rings. The number of thiophene rings is 2. The molecule has 0 saturated carbocycles. The molecule has 4 nitrogen and oxygen atoms in total. The summed E-state index contributed by atoms with van der Waals surface area (Å²) in [6.07, 6.45) is 0. The van der Waals surface area contributed by atoms with Crippen molar-refractivity contribution in [1.82, 2.24) is 0 Å². The highest BCUT2D eigenvalue weighted by Gasteiger charge is 2.22. The molecule has 0 atom stereocenters. The van der Waals surface area contributed by atoms with E-state index in [1.54, 1.807) is 22.7 Å². The molecule has 46 heavy (non-hydrogen) atoms. The zero-order valence-electron chi connectivity index (χ0n) is 27.0. The van der Waals surface area contributed by atoms with Gasteiger partial charge in [-0.3, -0.25) is 0 Å². The van der Waals surface area contributed by atoms with Crippen molar-refractivity contribution in [2.45, 2.75) is 34.6 Å². The molecular formula is C40H38O4S2. The Hall–Kier alpha value is -4.26. The lowest BCUT2D eigenvalue weighted by atomic mass is 9.88. The van der Waals surface area contributed by atoms with Gasteiger partial charge in [0.05, 0.1) is 9.75 Å². The van der Waals surface area contributed by atoms with E-state index in [-0.39, 0.29) is 0 Å². The summed E-state index contributed by atoms with van der Waals surface area (Å²) in [5.74, 6) is 3.76. The van der Waals surface area contributed by atoms with E-state index >= 15 is 0 Å². The van der Waals surface area contributed by atoms with Gasteiger partial charge in [0.2, 0.25) is 0 Å². The molecule has 234 valence electrons. The van der Waals surface area contributed by atoms with Crippen molar-refractivity contribution in [2.75, 3.05) is 26.4 Å². The summed E-state index contributed by atoms with van der Waals surface area (Å²) < 4.78 is 23.4. The predicted molar refractivity (Wildman–Crippen MR) is 191 cm³/mol. The highest BCUT2D eigenvalue weighted by atomic mass is 32.1. The van der Waals surface area contributed by atoms with Crippen LogP contribution in [0.15, 0.2) is 83.6 Å². The van der Waals surface area contributed by atoms with E-state index in [9.17, 15) is 0 Å². The fraction of sp³-hybridized carbons (Fsp3) is 0.250. The third-order valence-corrected chi connectivity index (χ3v) is 10.8. The van der Waals surface area contributed by atoms with Crippen LogP contribution in [0.4, 0.5) is 0 Å². The SMILES string of the molecule is C=C(C)C(c1ccc(-c2scc3c2OCCO3)cc1)=c1ccc(=C(c2ccc(-c3scc4c3OCCO4)cc2)C(C)C)c(C)c1C. The van der Waals surface area contributed by atoms with Gasteiger partial charge in [-0.1, -0.05) is 81.1 Å². The van der Waals surface area contributed by atoms with E-state index in [1.165, 1.54) is 38.3 Å². The Balaban J connectivity index is 1.28. The third-order valence-electron chi connectivity index (χ3n) is 8.85. The van der Waals surface area contributed by atoms with Crippen molar-refractivity contribution in [1.29, 1.82) is 0 Å². The van der Waals surface area contributed by atoms with Gasteiger partial charge < -0.3 is 18.9 Å². The predicted octanol–water partition coefficient (Wildman–Crippen LogP) is 8.93. The van der Waals surface area contributed by atoms with Crippen LogP contribution in [0.2, 0.25) is 0 Å². The summed E-state index contributed by atoms with van der Waals surface area (Å²) in [6, 6.07) is 22.3. The largest absolute Gasteiger partial charge is 0.485 e. The summed E-state index contributed by atoms with van der Waals surface area (Å²) in [5, 5.41) is 6.58. The van der Waals surface area contributed by atoms with E-state index in [2.05, 4.69) is 102 Å². The van der Waals surface area contributed by atoms with Crippen LogP contribution in [0, 0.1) is 19.8 Å². The molecule has 0 N–H and O–H groups in total. The molecule has 2 aliphatic heterocycles. The van der Waals surface area contributed by atoms with Gasteiger partial charge in [0.1, 0.15) is 26.4 Å². The zero-order valence-corrected chi connectivity index (χ0v) is 28.6. The van der Waals surface area contributed by atoms with Crippen molar-refractivity contribution in [3.05, 3.63) is 116 Å². The Bertz CT molecular complexity index is 2060. The van der Waals surface area contributed by atoms with Crippen LogP contribution in [0.25, 0.3) is 32.0 Å². The molecule has 0 radical (unpaired) electrons. The van der Waals surface area contributed by atoms with Gasteiger partial charge in [-0.05, 0) is 87.2 Å². The topological polar surface area (TPSA) is 36.9 Å². The highest BCUT2D eigenvalue weighted by molar-refractivity contribution is 7.14. The molecule has 6 heteroatoms. The molecule has 3 aromatic carbocycles. The first kappa shape index (κ1) is 30.4. The first-order chi connectivity index (χ1) is 22.3. The molecule has 0 aliphatic carbocycles. The highest BCUT2D eigenvalue weighted by Crippen LogP contribution is 2.47. The second kappa shape index (κ2) is 12.5. The van der Waals surface area contributed by atoms with Gasteiger partial charge in [-0.2, -0.15) is 0 Å². The number of hydrogen-bond acceptors (Lipinski definition) is 6. The first-order valence-electron chi connectivity index (χ1n) is 15.8. The monoisotopic (exact) mass is 646 g/mol. The molecule has 0 saturated heterocycles. The molecule has 0 amide bonds. The molecule has 0 fully saturated rings. The Morgan fingerprint density at radius 2 is 1.09 bits per heavy atom. The summed E-state index contributed by atoms with van der Waals surface area (Å²) in [4.78, 5) is 2.23. The van der Waals surface area contributed by atoms with Crippen molar-refractivity contribution in [2.24, 2.45) is 5.92 Å². The minimum absolute atomic E-state index is 0.343. The smallest absolute Gasteiger partial charge is 0.179 e. The Morgan fingerprint density at radius 3 is 1.59 bits per heavy atom. The number of hydrogen-bond donors (Lipinski definition) is 0. The van der Waals surface area contributed by atoms with Gasteiger partial charge in [0.25, 0.3) is 0 Å². The van der Waals surface area contributed by atoms with Gasteiger partial charge in [0, 0.05) is 10.8 Å². The second-order valence-corrected chi connectivity index (χ2v) is 14.0. The van der Waals surface area contributed by atoms with E-state index in [0.717, 1.165) is 55.0 Å². The molecule has 7 rings (SSSR count). The fourth-order valence-electron chi connectivity index (χ4n) is 6.53. The average molecular weight is 647 g/mol. The first-order valence-corrected chi connectivity index (χ1v) is 17.5. The molecule has 0 bridgehead atoms. The summed E-state index contributed by atoms with van der Waals surface area (Å²) in [5.41, 5.74) is 10.8. The Morgan fingerprint density at radius 1 is 0.630 bits per heavy atom. The summed E-state index contributed by atoms with van der Waals surface area (Å²) in [7, 11) is 0. The van der Waals surface area contributed by atoms with E-state index < -0.39 is 0 Å². The van der Waals surface area contributed by atoms with Crippen molar-refractivity contribution < 1.29 is 18.9 Å². The van der Waals surface area contributed by atoms with Crippen LogP contribution in [0.5, 0.6) is 23.0 Å². The zero-order chi connectivity index (χ0) is 31.9. The van der Waals surface area contributed by atoms with Gasteiger partial charge >= 0.3 is 0 Å². The van der Waals surface area contributed by atoms with Crippen molar-refractivity contribution in [3.8, 4) is 43.9 Å². The number of rotatable bonds is 6. The number of fused-ring (bicyclic) bond motifs is 2. The lowest BCUT2D eigenvalue weighted by molar-refractivity contribution is 0.174. The molecule has 0 spiro atoms. The maximum atomic E-state index is 5.95. The van der Waals surface area contributed by atoms with E-state index in [0.29, 0.717) is 32.3 Å². The normalized spacial score (nSPS) is 15.1. The molecule has 0 unspecified atom stereocenters. The van der Waals surface area contributed by atoms with Crippen LogP contribution in [-0.4, -0.2) is 26.4 Å². The molecule has 5 aromatic rings. The van der Waals surface area contributed by atoms with Gasteiger partial charge in [0.15, 0.2) is 23.0 Å². The second-order valence-electron chi connectivity index (χ2n) is 12.2. The van der Waals surface area contributed by atoms with Crippen LogP contribution >= 0.6 is 22.7 Å². The molecule has 4 heterocycles. The number of benzene rings is 3. The number of ether oxygens (including phenoxy) is 4. The average Bonchev–Trinajstić information content (AvgIpc) is 3.70. The van der Waals surface area contributed by atoms with Crippen molar-refractivity contribution in [3.63, 3.8) is 0 Å². The minimum atomic E-state index is 0.343. The third kappa shape index (κ3) is 5.44. The molecule has 2 aromatic heterocycles. The van der Waals surface area contributed by atoms with Crippen molar-refractivity contribution >= 4 is 33.8 Å². The summed E-state index contributed by atoms with van der Waals surface area (Å²) in [6.45, 7) is 17.9. The minimum Gasteiger partial charge on any atom is -0.485 e. The molecular weight excluding hydrogens is 609 g/mol. The maximum absolute atomic E-state index is 5.95. The summed E-state index contributed by atoms with van der Waals surface area (Å²) >= 11 is 3.34. The van der Waals surface area contributed by atoms with Crippen LogP contribution < -0.4 is 29.4 Å². The quantitative estimate of drug-likeness (QED) is 0.185. The maximum Gasteiger partial charge on any atom is 0.179 e. The van der Waals surface area contributed by atoms with E-state index in [1.807, 2.05) is 10.8 Å². The lowest BCUT2D eigenvalue weighted by Crippen LogP contribution is -2.23. The van der Waals surface area contributed by atoms with Gasteiger partial charge in [-0.15, -0.1) is 22.7 Å². The van der Waals surface area contributed by atoms with Crippen LogP contribution in [0.1, 0.15) is 43.0 Å². The van der Waals surface area contributed by atoms with Crippen LogP contribution in [-0.2, 0) is 0 Å². The standard InChI is InChI=1S/C40H38O4S2/c1-23(2)35(27-7-11-29(12-8-27)39-37-33(21-45-39)41-17-19-43-37)31-15-16-32(26(6)25(31)5)36(24(3)4)28-9-13-30(14-10-28)40-38-34(22-46-40)42-18-20-44-38/h7-16,21-22,24H,1,17-20H2,2-6H3. The van der Waals surface area contributed by atoms with E-state index in [4.69, 9.17) is 18.9 Å². The Kier molecular flexibility index (Phi) is 8.26. The van der Waals surface area contributed by atoms with Gasteiger partial charge in [-0.25, -0.2) is 0 Å². The lowest BCUT2D eigenvalue weighted by Gasteiger charge is -2.18.